The number of rotatable bonds is 2. The summed E-state index contributed by atoms with van der Waals surface area (Å²) in [5.41, 5.74) is 6.35. The summed E-state index contributed by atoms with van der Waals surface area (Å²) in [6.45, 7) is 1.96. The van der Waals surface area contributed by atoms with Crippen molar-refractivity contribution in [2.45, 2.75) is 19.4 Å². The molecule has 1 unspecified atom stereocenters. The minimum absolute atomic E-state index is 0.177. The summed E-state index contributed by atoms with van der Waals surface area (Å²) >= 11 is 3.31. The fraction of sp³-hybridized carbons (Fsp3) is 0.273. The Labute approximate surface area is 95.4 Å². The Bertz CT molecular complexity index is 456. The van der Waals surface area contributed by atoms with Gasteiger partial charge in [0.15, 0.2) is 5.58 Å². The summed E-state index contributed by atoms with van der Waals surface area (Å²) in [6, 6.07) is 4.53. The van der Waals surface area contributed by atoms with Crippen LogP contribution in [0.3, 0.4) is 0 Å². The average molecular weight is 272 g/mol. The molecule has 0 amide bonds. The summed E-state index contributed by atoms with van der Waals surface area (Å²) in [5, 5.41) is 0.475. The third-order valence-corrected chi connectivity index (χ3v) is 3.03. The van der Waals surface area contributed by atoms with E-state index in [-0.39, 0.29) is 11.9 Å². The van der Waals surface area contributed by atoms with E-state index >= 15 is 0 Å². The van der Waals surface area contributed by atoms with Crippen LogP contribution in [0.25, 0.3) is 11.0 Å². The number of furan rings is 1. The topological polar surface area (TPSA) is 39.2 Å². The van der Waals surface area contributed by atoms with Crippen molar-refractivity contribution in [2.24, 2.45) is 5.73 Å². The highest BCUT2D eigenvalue weighted by molar-refractivity contribution is 9.10. The molecule has 0 saturated carbocycles. The van der Waals surface area contributed by atoms with Gasteiger partial charge < -0.3 is 10.2 Å². The maximum Gasteiger partial charge on any atom is 0.151 e. The van der Waals surface area contributed by atoms with Crippen LogP contribution in [0.5, 0.6) is 0 Å². The normalized spacial score (nSPS) is 13.3. The fourth-order valence-electron chi connectivity index (χ4n) is 1.46. The van der Waals surface area contributed by atoms with Gasteiger partial charge in [-0.3, -0.25) is 0 Å². The lowest BCUT2D eigenvalue weighted by Crippen LogP contribution is -2.06. The van der Waals surface area contributed by atoms with Crippen LogP contribution in [-0.4, -0.2) is 0 Å². The van der Waals surface area contributed by atoms with Crippen molar-refractivity contribution in [3.63, 3.8) is 0 Å². The van der Waals surface area contributed by atoms with Crippen LogP contribution < -0.4 is 5.73 Å². The predicted octanol–water partition coefficient (Wildman–Crippen LogP) is 3.74. The molecule has 0 bridgehead atoms. The van der Waals surface area contributed by atoms with Gasteiger partial charge in [-0.2, -0.15) is 0 Å². The summed E-state index contributed by atoms with van der Waals surface area (Å²) in [5.74, 6) is 0.338. The Balaban J connectivity index is 2.64. The highest BCUT2D eigenvalue weighted by atomic mass is 79.9. The Hall–Kier alpha value is -0.870. The second kappa shape index (κ2) is 3.94. The van der Waals surface area contributed by atoms with Gasteiger partial charge in [0, 0.05) is 0 Å². The minimum atomic E-state index is -0.286. The third kappa shape index (κ3) is 1.79. The van der Waals surface area contributed by atoms with E-state index in [1.165, 1.54) is 6.07 Å². The van der Waals surface area contributed by atoms with Gasteiger partial charge in [-0.05, 0) is 40.5 Å². The van der Waals surface area contributed by atoms with Gasteiger partial charge in [0.05, 0.1) is 15.9 Å². The van der Waals surface area contributed by atoms with Crippen molar-refractivity contribution < 1.29 is 8.81 Å². The summed E-state index contributed by atoms with van der Waals surface area (Å²) in [7, 11) is 0. The molecule has 1 aromatic heterocycles. The minimum Gasteiger partial charge on any atom is -0.458 e. The smallest absolute Gasteiger partial charge is 0.151 e. The standard InChI is InChI=1S/C11H11BrFNO/c1-2-9(14)10-5-6-8(13)4-3-7(12)11(6)15-10/h3-5,9H,2,14H2,1H3. The number of halogens is 2. The second-order valence-corrected chi connectivity index (χ2v) is 4.29. The molecule has 0 aliphatic carbocycles. The molecule has 0 fully saturated rings. The zero-order chi connectivity index (χ0) is 11.0. The van der Waals surface area contributed by atoms with Crippen molar-refractivity contribution in [3.05, 3.63) is 34.2 Å². The molecule has 4 heteroatoms. The molecule has 80 valence electrons. The second-order valence-electron chi connectivity index (χ2n) is 3.44. The first-order valence-corrected chi connectivity index (χ1v) is 5.55. The van der Waals surface area contributed by atoms with Crippen molar-refractivity contribution in [1.29, 1.82) is 0 Å². The van der Waals surface area contributed by atoms with E-state index in [0.29, 0.717) is 16.7 Å². The highest BCUT2D eigenvalue weighted by Crippen LogP contribution is 2.31. The van der Waals surface area contributed by atoms with E-state index in [1.807, 2.05) is 6.92 Å². The number of benzene rings is 1. The average Bonchev–Trinajstić information content (AvgIpc) is 2.68. The molecule has 0 saturated heterocycles. The molecule has 2 rings (SSSR count). The molecular weight excluding hydrogens is 261 g/mol. The lowest BCUT2D eigenvalue weighted by atomic mass is 10.1. The van der Waals surface area contributed by atoms with Gasteiger partial charge in [0.1, 0.15) is 11.6 Å². The van der Waals surface area contributed by atoms with Crippen LogP contribution in [0.2, 0.25) is 0 Å². The van der Waals surface area contributed by atoms with Gasteiger partial charge in [-0.15, -0.1) is 0 Å². The number of nitrogens with two attached hydrogens (primary N) is 1. The maximum atomic E-state index is 13.4. The fourth-order valence-corrected chi connectivity index (χ4v) is 1.89. The molecule has 2 nitrogen and oxygen atoms in total. The molecule has 1 heterocycles. The Morgan fingerprint density at radius 2 is 2.27 bits per heavy atom. The van der Waals surface area contributed by atoms with Crippen LogP contribution in [0.4, 0.5) is 4.39 Å². The van der Waals surface area contributed by atoms with Crippen LogP contribution in [0.15, 0.2) is 27.1 Å². The first-order valence-electron chi connectivity index (χ1n) is 4.76. The van der Waals surface area contributed by atoms with Gasteiger partial charge in [0.2, 0.25) is 0 Å². The van der Waals surface area contributed by atoms with E-state index in [2.05, 4.69) is 15.9 Å². The quantitative estimate of drug-likeness (QED) is 0.904. The van der Waals surface area contributed by atoms with Crippen molar-refractivity contribution in [3.8, 4) is 0 Å². The molecule has 2 N–H and O–H groups in total. The maximum absolute atomic E-state index is 13.4. The molecule has 0 spiro atoms. The van der Waals surface area contributed by atoms with Gasteiger partial charge in [-0.1, -0.05) is 6.92 Å². The SMILES string of the molecule is CCC(N)c1cc2c(F)ccc(Br)c2o1. The molecule has 15 heavy (non-hydrogen) atoms. The van der Waals surface area contributed by atoms with E-state index in [4.69, 9.17) is 10.2 Å². The van der Waals surface area contributed by atoms with Crippen LogP contribution in [0, 0.1) is 5.82 Å². The van der Waals surface area contributed by atoms with E-state index < -0.39 is 0 Å². The van der Waals surface area contributed by atoms with Crippen LogP contribution >= 0.6 is 15.9 Å². The first kappa shape index (κ1) is 10.6. The van der Waals surface area contributed by atoms with Crippen molar-refractivity contribution in [1.82, 2.24) is 0 Å². The molecule has 0 aliphatic heterocycles. The van der Waals surface area contributed by atoms with E-state index in [0.717, 1.165) is 10.9 Å². The van der Waals surface area contributed by atoms with Gasteiger partial charge in [-0.25, -0.2) is 4.39 Å². The zero-order valence-electron chi connectivity index (χ0n) is 8.26. The largest absolute Gasteiger partial charge is 0.458 e. The molecule has 0 radical (unpaired) electrons. The van der Waals surface area contributed by atoms with Crippen molar-refractivity contribution in [2.75, 3.05) is 0 Å². The summed E-state index contributed by atoms with van der Waals surface area (Å²) < 4.78 is 19.7. The van der Waals surface area contributed by atoms with Gasteiger partial charge in [0.25, 0.3) is 0 Å². The van der Waals surface area contributed by atoms with Crippen molar-refractivity contribution >= 4 is 26.9 Å². The molecule has 0 aliphatic rings. The first-order chi connectivity index (χ1) is 7.13. The van der Waals surface area contributed by atoms with E-state index in [9.17, 15) is 4.39 Å². The molecule has 1 aromatic carbocycles. The highest BCUT2D eigenvalue weighted by Gasteiger charge is 2.14. The lowest BCUT2D eigenvalue weighted by molar-refractivity contribution is 0.487. The third-order valence-electron chi connectivity index (χ3n) is 2.41. The Morgan fingerprint density at radius 1 is 1.53 bits per heavy atom. The van der Waals surface area contributed by atoms with Crippen LogP contribution in [0.1, 0.15) is 25.1 Å². The summed E-state index contributed by atoms with van der Waals surface area (Å²) in [6.07, 6.45) is 0.763. The lowest BCUT2D eigenvalue weighted by Gasteiger charge is -2.02. The number of hydrogen-bond acceptors (Lipinski definition) is 2. The van der Waals surface area contributed by atoms with Gasteiger partial charge >= 0.3 is 0 Å². The Kier molecular flexibility index (Phi) is 2.80. The number of hydrogen-bond donors (Lipinski definition) is 1. The Morgan fingerprint density at radius 3 is 2.87 bits per heavy atom. The van der Waals surface area contributed by atoms with Crippen LogP contribution in [-0.2, 0) is 0 Å². The van der Waals surface area contributed by atoms with E-state index in [1.54, 1.807) is 12.1 Å². The number of fused-ring (bicyclic) bond motifs is 1. The summed E-state index contributed by atoms with van der Waals surface area (Å²) in [4.78, 5) is 0. The molecular formula is C11H11BrFNO. The predicted molar refractivity (Wildman–Crippen MR) is 61.1 cm³/mol. The molecule has 1 atom stereocenters. The molecule has 2 aromatic rings. The zero-order valence-corrected chi connectivity index (χ0v) is 9.84. The monoisotopic (exact) mass is 271 g/mol.